The van der Waals surface area contributed by atoms with E-state index in [0.29, 0.717) is 24.5 Å². The van der Waals surface area contributed by atoms with Gasteiger partial charge in [0.05, 0.1) is 12.0 Å². The number of halogens is 1. The molecule has 0 aliphatic carbocycles. The second kappa shape index (κ2) is 9.99. The van der Waals surface area contributed by atoms with Crippen LogP contribution in [0.1, 0.15) is 35.6 Å². The molecule has 3 aromatic carbocycles. The Morgan fingerprint density at radius 3 is 2.32 bits per heavy atom. The molecule has 31 heavy (non-hydrogen) atoms. The molecule has 1 N–H and O–H groups in total. The lowest BCUT2D eigenvalue weighted by atomic mass is 9.91. The fraction of sp³-hybridized carbons (Fsp3) is 0.269. The van der Waals surface area contributed by atoms with Crippen LogP contribution in [0.15, 0.2) is 78.9 Å². The lowest BCUT2D eigenvalue weighted by Crippen LogP contribution is -2.39. The van der Waals surface area contributed by atoms with Gasteiger partial charge in [0.15, 0.2) is 0 Å². The molecule has 0 aromatic heterocycles. The van der Waals surface area contributed by atoms with Crippen LogP contribution in [-0.2, 0) is 11.4 Å². The summed E-state index contributed by atoms with van der Waals surface area (Å²) in [4.78, 5) is 13.7. The van der Waals surface area contributed by atoms with E-state index < -0.39 is 5.97 Å². The number of ether oxygens (including phenoxy) is 1. The predicted molar refractivity (Wildman–Crippen MR) is 122 cm³/mol. The molecule has 0 spiro atoms. The Balaban J connectivity index is 1.53. The van der Waals surface area contributed by atoms with Crippen molar-refractivity contribution in [2.24, 2.45) is 5.92 Å². The molecule has 1 atom stereocenters. The van der Waals surface area contributed by atoms with E-state index in [9.17, 15) is 9.90 Å². The molecule has 1 saturated heterocycles. The molecule has 1 fully saturated rings. The smallest absolute Gasteiger partial charge is 0.306 e. The Labute approximate surface area is 188 Å². The molecular weight excluding hydrogens is 410 g/mol. The zero-order valence-electron chi connectivity index (χ0n) is 17.3. The van der Waals surface area contributed by atoms with E-state index in [4.69, 9.17) is 16.3 Å². The lowest BCUT2D eigenvalue weighted by molar-refractivity contribution is -0.143. The molecule has 1 aliphatic heterocycles. The van der Waals surface area contributed by atoms with Gasteiger partial charge in [-0.1, -0.05) is 66.2 Å². The van der Waals surface area contributed by atoms with E-state index >= 15 is 0 Å². The molecule has 3 aromatic rings. The minimum absolute atomic E-state index is 0.0246. The van der Waals surface area contributed by atoms with Crippen LogP contribution >= 0.6 is 11.6 Å². The zero-order valence-corrected chi connectivity index (χ0v) is 18.0. The summed E-state index contributed by atoms with van der Waals surface area (Å²) in [6.07, 6.45) is 1.31. The number of likely N-dealkylation sites (tertiary alicyclic amines) is 1. The molecule has 0 amide bonds. The minimum Gasteiger partial charge on any atom is -0.489 e. The first-order valence-corrected chi connectivity index (χ1v) is 11.0. The Kier molecular flexibility index (Phi) is 6.90. The number of hydrogen-bond acceptors (Lipinski definition) is 3. The van der Waals surface area contributed by atoms with E-state index in [1.54, 1.807) is 0 Å². The van der Waals surface area contributed by atoms with E-state index in [1.165, 1.54) is 0 Å². The van der Waals surface area contributed by atoms with Gasteiger partial charge in [-0.3, -0.25) is 9.69 Å². The maximum Gasteiger partial charge on any atom is 0.306 e. The van der Waals surface area contributed by atoms with Gasteiger partial charge in [-0.25, -0.2) is 0 Å². The molecule has 5 heteroatoms. The van der Waals surface area contributed by atoms with Gasteiger partial charge in [0.2, 0.25) is 0 Å². The van der Waals surface area contributed by atoms with Crippen molar-refractivity contribution in [2.75, 3.05) is 13.1 Å². The van der Waals surface area contributed by atoms with Gasteiger partial charge in [-0.05, 0) is 66.9 Å². The first-order chi connectivity index (χ1) is 15.1. The molecule has 4 rings (SSSR count). The SMILES string of the molecule is O=C(O)C1CCN(C(c2ccc(OCc3ccccc3)cc2)c2cccc(Cl)c2)CC1. The van der Waals surface area contributed by atoms with Crippen LogP contribution in [-0.4, -0.2) is 29.1 Å². The highest BCUT2D eigenvalue weighted by Gasteiger charge is 2.30. The molecule has 4 nitrogen and oxygen atoms in total. The fourth-order valence-corrected chi connectivity index (χ4v) is 4.38. The quantitative estimate of drug-likeness (QED) is 0.509. The Morgan fingerprint density at radius 1 is 0.968 bits per heavy atom. The average molecular weight is 436 g/mol. The van der Waals surface area contributed by atoms with Crippen molar-refractivity contribution in [1.29, 1.82) is 0 Å². The summed E-state index contributed by atoms with van der Waals surface area (Å²) in [5.41, 5.74) is 3.38. The first-order valence-electron chi connectivity index (χ1n) is 10.6. The first kappa shape index (κ1) is 21.4. The fourth-order valence-electron chi connectivity index (χ4n) is 4.18. The monoisotopic (exact) mass is 435 g/mol. The Hall–Kier alpha value is -2.82. The highest BCUT2D eigenvalue weighted by Crippen LogP contribution is 2.34. The van der Waals surface area contributed by atoms with E-state index in [2.05, 4.69) is 23.1 Å². The summed E-state index contributed by atoms with van der Waals surface area (Å²) in [7, 11) is 0. The van der Waals surface area contributed by atoms with Gasteiger partial charge in [-0.2, -0.15) is 0 Å². The largest absolute Gasteiger partial charge is 0.489 e. The topological polar surface area (TPSA) is 49.8 Å². The summed E-state index contributed by atoms with van der Waals surface area (Å²) in [6.45, 7) is 2.00. The van der Waals surface area contributed by atoms with Gasteiger partial charge in [0, 0.05) is 5.02 Å². The van der Waals surface area contributed by atoms with Gasteiger partial charge >= 0.3 is 5.97 Å². The van der Waals surface area contributed by atoms with Crippen molar-refractivity contribution >= 4 is 17.6 Å². The number of rotatable bonds is 7. The van der Waals surface area contributed by atoms with Crippen LogP contribution in [0.4, 0.5) is 0 Å². The maximum absolute atomic E-state index is 11.4. The standard InChI is InChI=1S/C26H26ClNO3/c27-23-8-4-7-22(17-23)25(28-15-13-21(14-16-28)26(29)30)20-9-11-24(12-10-20)31-18-19-5-2-1-3-6-19/h1-12,17,21,25H,13-16,18H2,(H,29,30). The Bertz CT molecular complexity index is 999. The second-order valence-electron chi connectivity index (χ2n) is 7.95. The highest BCUT2D eigenvalue weighted by molar-refractivity contribution is 6.30. The molecule has 1 heterocycles. The van der Waals surface area contributed by atoms with Gasteiger partial charge < -0.3 is 9.84 Å². The summed E-state index contributed by atoms with van der Waals surface area (Å²) in [6, 6.07) is 26.2. The third-order valence-electron chi connectivity index (χ3n) is 5.85. The third kappa shape index (κ3) is 5.46. The summed E-state index contributed by atoms with van der Waals surface area (Å²) < 4.78 is 5.94. The number of benzene rings is 3. The van der Waals surface area contributed by atoms with Crippen LogP contribution in [0.25, 0.3) is 0 Å². The average Bonchev–Trinajstić information content (AvgIpc) is 2.80. The molecule has 0 bridgehead atoms. The van der Waals surface area contributed by atoms with Gasteiger partial charge in [0.1, 0.15) is 12.4 Å². The highest BCUT2D eigenvalue weighted by atomic mass is 35.5. The lowest BCUT2D eigenvalue weighted by Gasteiger charge is -2.37. The van der Waals surface area contributed by atoms with Crippen LogP contribution in [0.2, 0.25) is 5.02 Å². The predicted octanol–water partition coefficient (Wildman–Crippen LogP) is 5.81. The maximum atomic E-state index is 11.4. The number of carboxylic acids is 1. The van der Waals surface area contributed by atoms with Crippen LogP contribution < -0.4 is 4.74 Å². The summed E-state index contributed by atoms with van der Waals surface area (Å²) in [5.74, 6) is -0.133. The molecule has 0 radical (unpaired) electrons. The number of carbonyl (C=O) groups is 1. The van der Waals surface area contributed by atoms with Crippen LogP contribution in [0.5, 0.6) is 5.75 Å². The van der Waals surface area contributed by atoms with E-state index in [-0.39, 0.29) is 12.0 Å². The zero-order chi connectivity index (χ0) is 21.6. The molecule has 1 aliphatic rings. The number of nitrogens with zero attached hydrogens (tertiary/aromatic N) is 1. The van der Waals surface area contributed by atoms with E-state index in [1.807, 2.05) is 60.7 Å². The van der Waals surface area contributed by atoms with Crippen molar-refractivity contribution in [3.8, 4) is 5.75 Å². The van der Waals surface area contributed by atoms with Crippen molar-refractivity contribution in [3.63, 3.8) is 0 Å². The minimum atomic E-state index is -0.695. The summed E-state index contributed by atoms with van der Waals surface area (Å²) >= 11 is 6.29. The molecule has 0 saturated carbocycles. The second-order valence-corrected chi connectivity index (χ2v) is 8.39. The van der Waals surface area contributed by atoms with E-state index in [0.717, 1.165) is 35.5 Å². The van der Waals surface area contributed by atoms with Crippen molar-refractivity contribution < 1.29 is 14.6 Å². The molecule has 1 unspecified atom stereocenters. The Morgan fingerprint density at radius 2 is 1.68 bits per heavy atom. The van der Waals surface area contributed by atoms with Crippen molar-refractivity contribution in [2.45, 2.75) is 25.5 Å². The van der Waals surface area contributed by atoms with Gasteiger partial charge in [-0.15, -0.1) is 0 Å². The van der Waals surface area contributed by atoms with Crippen LogP contribution in [0.3, 0.4) is 0 Å². The van der Waals surface area contributed by atoms with Gasteiger partial charge in [0.25, 0.3) is 0 Å². The third-order valence-corrected chi connectivity index (χ3v) is 6.09. The number of carboxylic acid groups (broad SMARTS) is 1. The normalized spacial score (nSPS) is 16.0. The number of aliphatic carboxylic acids is 1. The van der Waals surface area contributed by atoms with Crippen molar-refractivity contribution in [3.05, 3.63) is 101 Å². The van der Waals surface area contributed by atoms with Crippen molar-refractivity contribution in [1.82, 2.24) is 4.90 Å². The number of hydrogen-bond donors (Lipinski definition) is 1. The van der Waals surface area contributed by atoms with Crippen LogP contribution in [0, 0.1) is 5.92 Å². The summed E-state index contributed by atoms with van der Waals surface area (Å²) in [5, 5.41) is 10.0. The molecular formula is C26H26ClNO3. The number of piperidine rings is 1. The molecule has 160 valence electrons.